The van der Waals surface area contributed by atoms with Gasteiger partial charge in [-0.15, -0.1) is 0 Å². The van der Waals surface area contributed by atoms with E-state index >= 15 is 0 Å². The molecule has 3 rings (SSSR count). The molecule has 2 aromatic carbocycles. The highest BCUT2D eigenvalue weighted by molar-refractivity contribution is 9.10. The van der Waals surface area contributed by atoms with E-state index in [-0.39, 0.29) is 5.75 Å². The topological polar surface area (TPSA) is 38.3 Å². The Hall–Kier alpha value is -2.21. The molecule has 0 saturated carbocycles. The molecule has 1 heterocycles. The zero-order valence-corrected chi connectivity index (χ0v) is 12.1. The Morgan fingerprint density at radius 3 is 2.48 bits per heavy atom. The lowest BCUT2D eigenvalue weighted by Gasteiger charge is -2.07. The summed E-state index contributed by atoms with van der Waals surface area (Å²) in [5, 5.41) is 2.51. The third kappa shape index (κ3) is 2.54. The molecule has 21 heavy (non-hydrogen) atoms. The van der Waals surface area contributed by atoms with Crippen molar-refractivity contribution in [2.75, 3.05) is 0 Å². The number of hydrogen-bond donors (Lipinski definition) is 1. The summed E-state index contributed by atoms with van der Waals surface area (Å²) >= 11 is 3.31. The van der Waals surface area contributed by atoms with Gasteiger partial charge in [0, 0.05) is 10.0 Å². The Labute approximate surface area is 127 Å². The fourth-order valence-electron chi connectivity index (χ4n) is 1.95. The number of amides is 1. The highest BCUT2D eigenvalue weighted by Gasteiger charge is 2.25. The summed E-state index contributed by atoms with van der Waals surface area (Å²) in [6.45, 7) is 0. The lowest BCUT2D eigenvalue weighted by Crippen LogP contribution is -2.22. The van der Waals surface area contributed by atoms with Gasteiger partial charge in [0.05, 0.1) is 5.70 Å². The van der Waals surface area contributed by atoms with Crippen LogP contribution in [-0.2, 0) is 0 Å². The summed E-state index contributed by atoms with van der Waals surface area (Å²) in [6, 6.07) is 9.23. The summed E-state index contributed by atoms with van der Waals surface area (Å²) in [7, 11) is 0. The Morgan fingerprint density at radius 1 is 1.05 bits per heavy atom. The van der Waals surface area contributed by atoms with Crippen molar-refractivity contribution >= 4 is 27.5 Å². The van der Waals surface area contributed by atoms with Crippen molar-refractivity contribution in [3.05, 3.63) is 69.9 Å². The summed E-state index contributed by atoms with van der Waals surface area (Å²) in [5.41, 5.74) is 0.599. The second kappa shape index (κ2) is 5.29. The minimum Gasteiger partial charge on any atom is -0.462 e. The molecule has 0 fully saturated rings. The van der Waals surface area contributed by atoms with E-state index in [9.17, 15) is 13.6 Å². The van der Waals surface area contributed by atoms with E-state index in [0.29, 0.717) is 11.3 Å². The molecule has 0 bridgehead atoms. The van der Waals surface area contributed by atoms with E-state index in [2.05, 4.69) is 21.2 Å². The second-order valence-electron chi connectivity index (χ2n) is 4.34. The molecule has 0 radical (unpaired) electrons. The van der Waals surface area contributed by atoms with Gasteiger partial charge in [0.2, 0.25) is 0 Å². The summed E-state index contributed by atoms with van der Waals surface area (Å²) in [5.74, 6) is -3.11. The molecule has 1 aliphatic rings. The van der Waals surface area contributed by atoms with Crippen LogP contribution in [0.1, 0.15) is 15.9 Å². The van der Waals surface area contributed by atoms with Crippen LogP contribution in [0.15, 0.2) is 47.1 Å². The molecule has 0 atom stereocenters. The van der Waals surface area contributed by atoms with Crippen LogP contribution in [0.5, 0.6) is 5.75 Å². The third-order valence-corrected chi connectivity index (χ3v) is 3.52. The van der Waals surface area contributed by atoms with E-state index in [1.54, 1.807) is 24.3 Å². The number of nitrogens with one attached hydrogen (secondary N) is 1. The van der Waals surface area contributed by atoms with E-state index in [0.717, 1.165) is 10.5 Å². The van der Waals surface area contributed by atoms with Gasteiger partial charge in [-0.05, 0) is 24.3 Å². The quantitative estimate of drug-likeness (QED) is 0.847. The maximum Gasteiger partial charge on any atom is 0.262 e. The average Bonchev–Trinajstić information content (AvgIpc) is 2.63. The molecule has 6 heteroatoms. The van der Waals surface area contributed by atoms with E-state index in [1.165, 1.54) is 12.3 Å². The molecule has 0 spiro atoms. The number of fused-ring (bicyclic) bond motifs is 1. The first-order chi connectivity index (χ1) is 10.1. The minimum atomic E-state index is -1.23. The molecular weight excluding hydrogens is 344 g/mol. The molecule has 3 nitrogen and oxygen atoms in total. The maximum atomic E-state index is 13.8. The van der Waals surface area contributed by atoms with Gasteiger partial charge in [0.15, 0.2) is 11.6 Å². The van der Waals surface area contributed by atoms with Crippen molar-refractivity contribution in [3.8, 4) is 5.75 Å². The molecule has 0 aliphatic carbocycles. The van der Waals surface area contributed by atoms with E-state index < -0.39 is 23.1 Å². The fraction of sp³-hybridized carbons (Fsp3) is 0. The predicted octanol–water partition coefficient (Wildman–Crippen LogP) is 3.85. The van der Waals surface area contributed by atoms with Crippen molar-refractivity contribution in [1.82, 2.24) is 5.32 Å². The minimum absolute atomic E-state index is 0.0292. The van der Waals surface area contributed by atoms with Gasteiger partial charge in [0.1, 0.15) is 17.6 Å². The van der Waals surface area contributed by atoms with Crippen molar-refractivity contribution in [2.45, 2.75) is 0 Å². The number of benzene rings is 2. The van der Waals surface area contributed by atoms with Gasteiger partial charge < -0.3 is 10.1 Å². The van der Waals surface area contributed by atoms with Crippen molar-refractivity contribution < 1.29 is 18.3 Å². The molecule has 0 saturated heterocycles. The highest BCUT2D eigenvalue weighted by Crippen LogP contribution is 2.28. The zero-order chi connectivity index (χ0) is 15.0. The Balaban J connectivity index is 2.01. The lowest BCUT2D eigenvalue weighted by molar-refractivity contribution is 0.0968. The van der Waals surface area contributed by atoms with Crippen molar-refractivity contribution in [2.24, 2.45) is 0 Å². The van der Waals surface area contributed by atoms with Gasteiger partial charge in [-0.3, -0.25) is 4.79 Å². The molecule has 0 unspecified atom stereocenters. The average molecular weight is 352 g/mol. The van der Waals surface area contributed by atoms with Crippen LogP contribution in [0, 0.1) is 11.6 Å². The molecule has 2 aromatic rings. The Bertz CT molecular complexity index is 757. The molecule has 1 N–H and O–H groups in total. The van der Waals surface area contributed by atoms with Crippen LogP contribution in [0.25, 0.3) is 5.70 Å². The van der Waals surface area contributed by atoms with Crippen LogP contribution < -0.4 is 10.1 Å². The normalized spacial score (nSPS) is 13.7. The van der Waals surface area contributed by atoms with Gasteiger partial charge in [-0.2, -0.15) is 0 Å². The number of carbonyl (C=O) groups excluding carboxylic acids is 1. The zero-order valence-electron chi connectivity index (χ0n) is 10.5. The molecule has 1 amide bonds. The predicted molar refractivity (Wildman–Crippen MR) is 76.6 cm³/mol. The number of hydrogen-bond acceptors (Lipinski definition) is 2. The number of ether oxygens (including phenoxy) is 1. The lowest BCUT2D eigenvalue weighted by atomic mass is 10.1. The second-order valence-corrected chi connectivity index (χ2v) is 5.26. The summed E-state index contributed by atoms with van der Waals surface area (Å²) < 4.78 is 33.2. The van der Waals surface area contributed by atoms with Crippen molar-refractivity contribution in [3.63, 3.8) is 0 Å². The molecule has 106 valence electrons. The SMILES string of the molecule is O=C1NC(c2ccc(Br)cc2)=COc2ccc(F)c(F)c21. The fourth-order valence-corrected chi connectivity index (χ4v) is 2.21. The Kier molecular flexibility index (Phi) is 3.47. The van der Waals surface area contributed by atoms with Crippen molar-refractivity contribution in [1.29, 1.82) is 0 Å². The van der Waals surface area contributed by atoms with Gasteiger partial charge >= 0.3 is 0 Å². The van der Waals surface area contributed by atoms with Crippen LogP contribution in [0.2, 0.25) is 0 Å². The molecular formula is C15H8BrF2NO2. The first kappa shape index (κ1) is 13.8. The first-order valence-electron chi connectivity index (χ1n) is 5.98. The van der Waals surface area contributed by atoms with E-state index in [1.807, 2.05) is 0 Å². The molecule has 0 aromatic heterocycles. The maximum absolute atomic E-state index is 13.8. The van der Waals surface area contributed by atoms with E-state index in [4.69, 9.17) is 4.74 Å². The summed E-state index contributed by atoms with van der Waals surface area (Å²) in [4.78, 5) is 12.1. The largest absolute Gasteiger partial charge is 0.462 e. The number of carbonyl (C=O) groups is 1. The highest BCUT2D eigenvalue weighted by atomic mass is 79.9. The molecule has 1 aliphatic heterocycles. The standard InChI is InChI=1S/C15H8BrF2NO2/c16-9-3-1-8(2-4-9)11-7-21-12-6-5-10(17)14(18)13(12)15(20)19-11/h1-7H,(H,19,20). The summed E-state index contributed by atoms with van der Waals surface area (Å²) in [6.07, 6.45) is 1.30. The van der Waals surface area contributed by atoms with Gasteiger partial charge in [-0.25, -0.2) is 8.78 Å². The smallest absolute Gasteiger partial charge is 0.262 e. The van der Waals surface area contributed by atoms with Crippen LogP contribution >= 0.6 is 15.9 Å². The monoisotopic (exact) mass is 351 g/mol. The van der Waals surface area contributed by atoms with Gasteiger partial charge in [-0.1, -0.05) is 28.1 Å². The first-order valence-corrected chi connectivity index (χ1v) is 6.77. The van der Waals surface area contributed by atoms with Crippen LogP contribution in [0.3, 0.4) is 0 Å². The van der Waals surface area contributed by atoms with Gasteiger partial charge in [0.25, 0.3) is 5.91 Å². The number of halogens is 3. The third-order valence-electron chi connectivity index (χ3n) is 2.99. The Morgan fingerprint density at radius 2 is 1.76 bits per heavy atom. The van der Waals surface area contributed by atoms with Crippen LogP contribution in [-0.4, -0.2) is 5.91 Å². The number of rotatable bonds is 1. The van der Waals surface area contributed by atoms with Crippen LogP contribution in [0.4, 0.5) is 8.78 Å².